The van der Waals surface area contributed by atoms with Crippen molar-refractivity contribution >= 4 is 31.9 Å². The molecule has 1 N–H and O–H groups in total. The van der Waals surface area contributed by atoms with Gasteiger partial charge in [0.1, 0.15) is 17.5 Å². The molecule has 0 radical (unpaired) electrons. The van der Waals surface area contributed by atoms with Crippen molar-refractivity contribution < 1.29 is 9.59 Å². The van der Waals surface area contributed by atoms with Crippen LogP contribution in [0.5, 0.6) is 0 Å². The van der Waals surface area contributed by atoms with Crippen LogP contribution in [0.25, 0.3) is 0 Å². The first-order chi connectivity index (χ1) is 10.7. The maximum absolute atomic E-state index is 9.20. The highest BCUT2D eigenvalue weighted by molar-refractivity contribution is 9.09. The van der Waals surface area contributed by atoms with E-state index in [2.05, 4.69) is 38.8 Å². The lowest BCUT2D eigenvalue weighted by atomic mass is 10.1. The summed E-state index contributed by atoms with van der Waals surface area (Å²) in [6.07, 6.45) is 16.8. The van der Waals surface area contributed by atoms with Gasteiger partial charge in [-0.25, -0.2) is 0 Å². The summed E-state index contributed by atoms with van der Waals surface area (Å²) in [4.78, 5) is 0. The summed E-state index contributed by atoms with van der Waals surface area (Å²) in [5.41, 5.74) is 1.85. The van der Waals surface area contributed by atoms with Crippen molar-refractivity contribution in [1.29, 1.82) is 0 Å². The molecule has 0 amide bonds. The molecule has 134 valence electrons. The van der Waals surface area contributed by atoms with Gasteiger partial charge in [0.15, 0.2) is 0 Å². The predicted molar refractivity (Wildman–Crippen MR) is 106 cm³/mol. The smallest absolute Gasteiger partial charge is 0.135 e. The van der Waals surface area contributed by atoms with Crippen LogP contribution < -0.4 is 0 Å². The van der Waals surface area contributed by atoms with E-state index in [4.69, 9.17) is 0 Å². The van der Waals surface area contributed by atoms with Gasteiger partial charge in [-0.2, -0.15) is 0 Å². The number of alkyl halides is 2. The Bertz CT molecular complexity index is 223. The van der Waals surface area contributed by atoms with Crippen molar-refractivity contribution in [2.75, 3.05) is 30.6 Å². The van der Waals surface area contributed by atoms with Gasteiger partial charge < -0.3 is 9.59 Å². The number of unbranched alkanes of at least 4 members (excludes halogenated alkanes) is 11. The van der Waals surface area contributed by atoms with E-state index in [1.54, 1.807) is 0 Å². The Labute approximate surface area is 155 Å². The third-order valence-corrected chi connectivity index (χ3v) is 6.70. The molecule has 0 unspecified atom stereocenters. The predicted octanol–water partition coefficient (Wildman–Crippen LogP) is 6.20. The molecule has 0 bridgehead atoms. The summed E-state index contributed by atoms with van der Waals surface area (Å²) in [5, 5.41) is 9.20. The van der Waals surface area contributed by atoms with Crippen LogP contribution >= 0.6 is 31.9 Å². The Morgan fingerprint density at radius 1 is 0.636 bits per heavy atom. The fraction of sp³-hybridized carbons (Fsp3) is 1.00. The van der Waals surface area contributed by atoms with E-state index in [0.717, 1.165) is 28.5 Å². The van der Waals surface area contributed by atoms with Crippen LogP contribution in [0.1, 0.15) is 84.0 Å². The fourth-order valence-electron chi connectivity index (χ4n) is 2.88. The van der Waals surface area contributed by atoms with Gasteiger partial charge in [-0.3, -0.25) is 0 Å². The van der Waals surface area contributed by atoms with Crippen molar-refractivity contribution in [2.24, 2.45) is 0 Å². The first-order valence-corrected chi connectivity index (χ1v) is 11.6. The van der Waals surface area contributed by atoms with Gasteiger partial charge in [0, 0.05) is 0 Å². The zero-order chi connectivity index (χ0) is 16.5. The molecule has 0 rings (SSSR count). The maximum Gasteiger partial charge on any atom is 0.135 e. The van der Waals surface area contributed by atoms with Crippen molar-refractivity contribution in [3.05, 3.63) is 0 Å². The highest BCUT2D eigenvalue weighted by Crippen LogP contribution is 2.17. The molecule has 0 aliphatic carbocycles. The lowest BCUT2D eigenvalue weighted by Gasteiger charge is -2.34. The minimum Gasteiger partial charge on any atom is -0.391 e. The summed E-state index contributed by atoms with van der Waals surface area (Å²) in [6.45, 7) is 4.56. The molecule has 0 aromatic carbocycles. The Kier molecular flexibility index (Phi) is 17.4. The second kappa shape index (κ2) is 16.7. The van der Waals surface area contributed by atoms with Crippen LogP contribution in [0.3, 0.4) is 0 Å². The number of hydrogen-bond acceptors (Lipinski definition) is 1. The van der Waals surface area contributed by atoms with Gasteiger partial charge >= 0.3 is 0 Å². The molecule has 2 nitrogen and oxygen atoms in total. The van der Waals surface area contributed by atoms with E-state index in [1.165, 1.54) is 77.0 Å². The second-order valence-electron chi connectivity index (χ2n) is 6.64. The molecule has 0 aliphatic heterocycles. The molecule has 0 spiro atoms. The number of halogens is 2. The molecule has 0 heterocycles. The monoisotopic (exact) mass is 442 g/mol. The molecule has 0 atom stereocenters. The van der Waals surface area contributed by atoms with Gasteiger partial charge in [0.05, 0.1) is 13.2 Å². The molecule has 22 heavy (non-hydrogen) atoms. The van der Waals surface area contributed by atoms with Gasteiger partial charge in [0.25, 0.3) is 0 Å². The van der Waals surface area contributed by atoms with Crippen LogP contribution in [0.15, 0.2) is 0 Å². The first-order valence-electron chi connectivity index (χ1n) is 9.32. The first kappa shape index (κ1) is 22.9. The summed E-state index contributed by atoms with van der Waals surface area (Å²) in [7, 11) is 0. The Balaban J connectivity index is 3.38. The lowest BCUT2D eigenvalue weighted by Crippen LogP contribution is -2.48. The van der Waals surface area contributed by atoms with Crippen molar-refractivity contribution in [1.82, 2.24) is 0 Å². The SMILES string of the molecule is CCCCCCCCCCCCCC[N+](CBr)(CBr)CCO. The van der Waals surface area contributed by atoms with Crippen molar-refractivity contribution in [3.63, 3.8) is 0 Å². The van der Waals surface area contributed by atoms with Crippen LogP contribution in [-0.2, 0) is 0 Å². The van der Waals surface area contributed by atoms with E-state index in [-0.39, 0.29) is 6.61 Å². The average molecular weight is 444 g/mol. The molecule has 0 saturated carbocycles. The van der Waals surface area contributed by atoms with Crippen molar-refractivity contribution in [2.45, 2.75) is 84.0 Å². The standard InChI is InChI=1S/C18H38Br2NO/c1-2-3-4-5-6-7-8-9-10-11-12-13-14-21(17-19,18-20)15-16-22/h22H,2-18H2,1H3/q+1. The van der Waals surface area contributed by atoms with Crippen LogP contribution in [0.2, 0.25) is 0 Å². The quantitative estimate of drug-likeness (QED) is 0.123. The molecule has 0 fully saturated rings. The molecular weight excluding hydrogens is 406 g/mol. The number of rotatable bonds is 17. The lowest BCUT2D eigenvalue weighted by molar-refractivity contribution is -0.902. The molecular formula is C18H38Br2NO+. The number of nitrogens with zero attached hydrogens (tertiary/aromatic N) is 1. The largest absolute Gasteiger partial charge is 0.391 e. The highest BCUT2D eigenvalue weighted by Gasteiger charge is 2.23. The van der Waals surface area contributed by atoms with Gasteiger partial charge in [0.2, 0.25) is 0 Å². The molecule has 4 heteroatoms. The molecule has 0 aromatic rings. The highest BCUT2D eigenvalue weighted by atomic mass is 79.9. The summed E-state index contributed by atoms with van der Waals surface area (Å²) in [6, 6.07) is 0. The van der Waals surface area contributed by atoms with Gasteiger partial charge in [-0.15, -0.1) is 0 Å². The average Bonchev–Trinajstić information content (AvgIpc) is 2.55. The van der Waals surface area contributed by atoms with E-state index >= 15 is 0 Å². The molecule has 0 aliphatic rings. The van der Waals surface area contributed by atoms with Gasteiger partial charge in [-0.05, 0) is 44.7 Å². The Morgan fingerprint density at radius 2 is 1.05 bits per heavy atom. The van der Waals surface area contributed by atoms with Crippen LogP contribution in [0, 0.1) is 0 Å². The fourth-order valence-corrected chi connectivity index (χ4v) is 4.72. The number of aliphatic hydroxyl groups is 1. The van der Waals surface area contributed by atoms with E-state index in [9.17, 15) is 5.11 Å². The minimum absolute atomic E-state index is 0.273. The second-order valence-corrected chi connectivity index (χ2v) is 7.64. The van der Waals surface area contributed by atoms with Gasteiger partial charge in [-0.1, -0.05) is 71.1 Å². The summed E-state index contributed by atoms with van der Waals surface area (Å²) in [5.74, 6) is 0. The normalized spacial score (nSPS) is 12.0. The number of aliphatic hydroxyl groups excluding tert-OH is 1. The molecule has 0 aromatic heterocycles. The van der Waals surface area contributed by atoms with E-state index in [1.807, 2.05) is 0 Å². The summed E-state index contributed by atoms with van der Waals surface area (Å²) < 4.78 is 0.939. The topological polar surface area (TPSA) is 20.2 Å². The Hall–Kier alpha value is 0.880. The maximum atomic E-state index is 9.20. The Morgan fingerprint density at radius 3 is 1.41 bits per heavy atom. The van der Waals surface area contributed by atoms with Crippen molar-refractivity contribution in [3.8, 4) is 0 Å². The molecule has 0 saturated heterocycles. The minimum atomic E-state index is 0.273. The number of hydrogen-bond donors (Lipinski definition) is 1. The zero-order valence-electron chi connectivity index (χ0n) is 14.7. The third-order valence-electron chi connectivity index (χ3n) is 4.57. The van der Waals surface area contributed by atoms with Crippen LogP contribution in [-0.4, -0.2) is 40.2 Å². The van der Waals surface area contributed by atoms with E-state index < -0.39 is 0 Å². The third kappa shape index (κ3) is 12.3. The summed E-state index contributed by atoms with van der Waals surface area (Å²) >= 11 is 7.20. The van der Waals surface area contributed by atoms with Crippen LogP contribution in [0.4, 0.5) is 0 Å². The zero-order valence-corrected chi connectivity index (χ0v) is 17.8. The van der Waals surface area contributed by atoms with E-state index in [0.29, 0.717) is 0 Å². The number of quaternary nitrogens is 1.